The first kappa shape index (κ1) is 17.6. The van der Waals surface area contributed by atoms with Gasteiger partial charge in [-0.25, -0.2) is 4.98 Å². The van der Waals surface area contributed by atoms with Gasteiger partial charge in [-0.15, -0.1) is 17.0 Å². The van der Waals surface area contributed by atoms with Gasteiger partial charge in [-0.1, -0.05) is 42.1 Å². The number of aromatic nitrogens is 2. The van der Waals surface area contributed by atoms with E-state index in [-0.39, 0.29) is 22.8 Å². The fourth-order valence-corrected chi connectivity index (χ4v) is 3.13. The number of imidazole rings is 1. The van der Waals surface area contributed by atoms with Crippen LogP contribution in [0.1, 0.15) is 10.4 Å². The van der Waals surface area contributed by atoms with Crippen LogP contribution in [0.25, 0.3) is 11.0 Å². The van der Waals surface area contributed by atoms with Crippen molar-refractivity contribution < 1.29 is 9.53 Å². The van der Waals surface area contributed by atoms with Crippen LogP contribution < -0.4 is 4.74 Å². The first-order valence-electron chi connectivity index (χ1n) is 6.90. The van der Waals surface area contributed by atoms with Gasteiger partial charge in [0.1, 0.15) is 5.75 Å². The molecule has 0 atom stereocenters. The van der Waals surface area contributed by atoms with E-state index in [0.29, 0.717) is 5.75 Å². The summed E-state index contributed by atoms with van der Waals surface area (Å²) in [4.78, 5) is 16.7. The van der Waals surface area contributed by atoms with Crippen molar-refractivity contribution >= 4 is 45.6 Å². The third kappa shape index (κ3) is 3.76. The number of ether oxygens (including phenoxy) is 1. The summed E-state index contributed by atoms with van der Waals surface area (Å²) >= 11 is 1.45. The monoisotopic (exact) mass is 392 g/mol. The maximum Gasteiger partial charge on any atom is 0.173 e. The highest BCUT2D eigenvalue weighted by Crippen LogP contribution is 2.26. The van der Waals surface area contributed by atoms with E-state index >= 15 is 0 Å². The standard InChI is InChI=1S/C17H16N2O2S.BrH/c1-19-15-9-8-13(21-2)10-14(15)18-17(19)22-11-16(20)12-6-4-3-5-7-12;/h3-10H,11H2,1-2H3;1H. The lowest BCUT2D eigenvalue weighted by Gasteiger charge is -2.02. The van der Waals surface area contributed by atoms with Crippen LogP contribution in [0.2, 0.25) is 0 Å². The number of fused-ring (bicyclic) bond motifs is 1. The predicted molar refractivity (Wildman–Crippen MR) is 99.1 cm³/mol. The molecule has 0 N–H and O–H groups in total. The van der Waals surface area contributed by atoms with Crippen LogP contribution in [0, 0.1) is 0 Å². The van der Waals surface area contributed by atoms with Crippen molar-refractivity contribution in [1.29, 1.82) is 0 Å². The largest absolute Gasteiger partial charge is 0.497 e. The van der Waals surface area contributed by atoms with Crippen LogP contribution >= 0.6 is 28.7 Å². The number of thioether (sulfide) groups is 1. The van der Waals surface area contributed by atoms with Crippen LogP contribution in [0.3, 0.4) is 0 Å². The molecular formula is C17H17BrN2O2S. The summed E-state index contributed by atoms with van der Waals surface area (Å²) < 4.78 is 7.22. The molecule has 0 bridgehead atoms. The Hall–Kier alpha value is -1.79. The zero-order chi connectivity index (χ0) is 15.5. The quantitative estimate of drug-likeness (QED) is 0.483. The molecule has 3 aromatic rings. The highest BCUT2D eigenvalue weighted by atomic mass is 79.9. The van der Waals surface area contributed by atoms with Gasteiger partial charge in [0, 0.05) is 18.7 Å². The summed E-state index contributed by atoms with van der Waals surface area (Å²) in [5.74, 6) is 1.26. The molecule has 3 rings (SSSR count). The summed E-state index contributed by atoms with van der Waals surface area (Å²) in [5.41, 5.74) is 2.63. The second-order valence-corrected chi connectivity index (χ2v) is 5.83. The Morgan fingerprint density at radius 1 is 1.22 bits per heavy atom. The lowest BCUT2D eigenvalue weighted by Crippen LogP contribution is -2.03. The normalized spacial score (nSPS) is 10.3. The van der Waals surface area contributed by atoms with E-state index in [1.807, 2.05) is 60.1 Å². The van der Waals surface area contributed by atoms with Crippen molar-refractivity contribution in [2.24, 2.45) is 7.05 Å². The lowest BCUT2D eigenvalue weighted by atomic mass is 10.2. The number of hydrogen-bond donors (Lipinski definition) is 0. The number of halogens is 1. The van der Waals surface area contributed by atoms with Crippen molar-refractivity contribution in [3.05, 3.63) is 54.1 Å². The minimum Gasteiger partial charge on any atom is -0.497 e. The van der Waals surface area contributed by atoms with E-state index in [4.69, 9.17) is 4.74 Å². The summed E-state index contributed by atoms with van der Waals surface area (Å²) in [6.07, 6.45) is 0. The van der Waals surface area contributed by atoms with Crippen molar-refractivity contribution in [3.8, 4) is 5.75 Å². The van der Waals surface area contributed by atoms with Crippen molar-refractivity contribution in [2.45, 2.75) is 5.16 Å². The third-order valence-electron chi connectivity index (χ3n) is 3.48. The van der Waals surface area contributed by atoms with Crippen molar-refractivity contribution in [3.63, 3.8) is 0 Å². The lowest BCUT2D eigenvalue weighted by molar-refractivity contribution is 0.102. The van der Waals surface area contributed by atoms with Gasteiger partial charge in [0.2, 0.25) is 0 Å². The zero-order valence-corrected chi connectivity index (χ0v) is 15.4. The summed E-state index contributed by atoms with van der Waals surface area (Å²) in [5, 5.41) is 0.826. The van der Waals surface area contributed by atoms with Crippen molar-refractivity contribution in [2.75, 3.05) is 12.9 Å². The van der Waals surface area contributed by atoms with Gasteiger partial charge in [0.05, 0.1) is 23.9 Å². The van der Waals surface area contributed by atoms with Crippen LogP contribution in [0.4, 0.5) is 0 Å². The molecule has 0 radical (unpaired) electrons. The van der Waals surface area contributed by atoms with Crippen LogP contribution in [0.15, 0.2) is 53.7 Å². The Labute approximate surface area is 149 Å². The fraction of sp³-hybridized carbons (Fsp3) is 0.176. The van der Waals surface area contributed by atoms with E-state index in [1.165, 1.54) is 11.8 Å². The number of carbonyl (C=O) groups is 1. The maximum atomic E-state index is 12.2. The summed E-state index contributed by atoms with van der Waals surface area (Å²) in [6.45, 7) is 0. The predicted octanol–water partition coefficient (Wildman–Crippen LogP) is 4.13. The zero-order valence-electron chi connectivity index (χ0n) is 12.9. The van der Waals surface area contributed by atoms with Crippen LogP contribution in [-0.2, 0) is 7.05 Å². The highest BCUT2D eigenvalue weighted by molar-refractivity contribution is 8.93. The number of nitrogens with zero attached hydrogens (tertiary/aromatic N) is 2. The molecular weight excluding hydrogens is 376 g/mol. The Morgan fingerprint density at radius 3 is 2.65 bits per heavy atom. The molecule has 1 aromatic heterocycles. The Kier molecular flexibility index (Phi) is 5.85. The van der Waals surface area contributed by atoms with E-state index in [1.54, 1.807) is 7.11 Å². The molecule has 4 nitrogen and oxygen atoms in total. The van der Waals surface area contributed by atoms with E-state index in [9.17, 15) is 4.79 Å². The Bertz CT molecular complexity index is 818. The molecule has 0 unspecified atom stereocenters. The molecule has 0 aliphatic heterocycles. The van der Waals surface area contributed by atoms with Gasteiger partial charge in [-0.05, 0) is 12.1 Å². The molecule has 1 heterocycles. The molecule has 0 fully saturated rings. The molecule has 120 valence electrons. The molecule has 23 heavy (non-hydrogen) atoms. The third-order valence-corrected chi connectivity index (χ3v) is 4.50. The molecule has 0 amide bonds. The summed E-state index contributed by atoms with van der Waals surface area (Å²) in [6, 6.07) is 15.1. The number of hydrogen-bond acceptors (Lipinski definition) is 4. The number of Topliss-reactive ketones (excluding diaryl/α,β-unsaturated/α-hetero) is 1. The number of benzene rings is 2. The minimum atomic E-state index is 0. The molecule has 0 saturated carbocycles. The van der Waals surface area contributed by atoms with E-state index in [0.717, 1.165) is 27.5 Å². The van der Waals surface area contributed by atoms with Gasteiger partial charge in [0.25, 0.3) is 0 Å². The topological polar surface area (TPSA) is 44.1 Å². The SMILES string of the molecule is Br.COc1ccc2c(c1)nc(SCC(=O)c1ccccc1)n2C. The fourth-order valence-electron chi connectivity index (χ4n) is 2.25. The molecule has 0 aliphatic rings. The molecule has 6 heteroatoms. The average Bonchev–Trinajstić information content (AvgIpc) is 2.89. The van der Waals surface area contributed by atoms with Gasteiger partial charge in [-0.3, -0.25) is 4.79 Å². The van der Waals surface area contributed by atoms with Gasteiger partial charge >= 0.3 is 0 Å². The van der Waals surface area contributed by atoms with Crippen molar-refractivity contribution in [1.82, 2.24) is 9.55 Å². The minimum absolute atomic E-state index is 0. The number of methoxy groups -OCH3 is 1. The number of carbonyl (C=O) groups excluding carboxylic acids is 1. The second kappa shape index (κ2) is 7.66. The molecule has 2 aromatic carbocycles. The number of aryl methyl sites for hydroxylation is 1. The summed E-state index contributed by atoms with van der Waals surface area (Å²) in [7, 11) is 3.59. The van der Waals surface area contributed by atoms with Gasteiger partial charge in [0.15, 0.2) is 10.9 Å². The first-order valence-corrected chi connectivity index (χ1v) is 7.89. The maximum absolute atomic E-state index is 12.2. The smallest absolute Gasteiger partial charge is 0.173 e. The van der Waals surface area contributed by atoms with E-state index in [2.05, 4.69) is 4.98 Å². The second-order valence-electron chi connectivity index (χ2n) is 4.89. The number of rotatable bonds is 5. The number of ketones is 1. The van der Waals surface area contributed by atoms with Crippen LogP contribution in [-0.4, -0.2) is 28.2 Å². The Balaban J connectivity index is 0.00000192. The first-order chi connectivity index (χ1) is 10.7. The molecule has 0 aliphatic carbocycles. The van der Waals surface area contributed by atoms with Crippen LogP contribution in [0.5, 0.6) is 5.75 Å². The van der Waals surface area contributed by atoms with Gasteiger partial charge in [-0.2, -0.15) is 0 Å². The van der Waals surface area contributed by atoms with Gasteiger partial charge < -0.3 is 9.30 Å². The van der Waals surface area contributed by atoms with E-state index < -0.39 is 0 Å². The average molecular weight is 393 g/mol. The molecule has 0 saturated heterocycles. The molecule has 0 spiro atoms. The highest BCUT2D eigenvalue weighted by Gasteiger charge is 2.12. The Morgan fingerprint density at radius 2 is 1.96 bits per heavy atom.